The van der Waals surface area contributed by atoms with Gasteiger partial charge in [-0.15, -0.1) is 0 Å². The minimum atomic E-state index is 0.0862. The van der Waals surface area contributed by atoms with Gasteiger partial charge >= 0.3 is 0 Å². The summed E-state index contributed by atoms with van der Waals surface area (Å²) < 4.78 is 0. The molecule has 0 aliphatic carbocycles. The van der Waals surface area contributed by atoms with Gasteiger partial charge < -0.3 is 4.90 Å². The van der Waals surface area contributed by atoms with Crippen LogP contribution in [-0.2, 0) is 4.79 Å². The van der Waals surface area contributed by atoms with E-state index in [1.165, 1.54) is 0 Å². The zero-order valence-corrected chi connectivity index (χ0v) is 13.4. The average Bonchev–Trinajstić information content (AvgIpc) is 2.43. The second-order valence-corrected chi connectivity index (χ2v) is 5.50. The highest BCUT2D eigenvalue weighted by atomic mass is 79.9. The van der Waals surface area contributed by atoms with E-state index in [1.54, 1.807) is 0 Å². The fourth-order valence-corrected chi connectivity index (χ4v) is 2.23. The Morgan fingerprint density at radius 2 is 1.89 bits per heavy atom. The molecule has 0 bridgehead atoms. The SMILES string of the molecule is CC(C)/C=C/CN(C(=O)CBr)[C@@H](C)c1ccccc1. The summed E-state index contributed by atoms with van der Waals surface area (Å²) in [5.41, 5.74) is 1.16. The Balaban J connectivity index is 2.82. The molecular formula is C16H22BrNO. The number of hydrogen-bond acceptors (Lipinski definition) is 1. The predicted octanol–water partition coefficient (Wildman–Crippen LogP) is 4.18. The van der Waals surface area contributed by atoms with Crippen LogP contribution in [0.25, 0.3) is 0 Å². The minimum absolute atomic E-state index is 0.0862. The van der Waals surface area contributed by atoms with Gasteiger partial charge in [0.2, 0.25) is 5.91 Å². The second kappa shape index (κ2) is 8.16. The first-order chi connectivity index (χ1) is 9.06. The van der Waals surface area contributed by atoms with Crippen LogP contribution in [0.4, 0.5) is 0 Å². The molecule has 3 heteroatoms. The van der Waals surface area contributed by atoms with Crippen molar-refractivity contribution in [3.05, 3.63) is 48.0 Å². The highest BCUT2D eigenvalue weighted by Crippen LogP contribution is 2.20. The minimum Gasteiger partial charge on any atom is -0.331 e. The van der Waals surface area contributed by atoms with Crippen molar-refractivity contribution in [1.82, 2.24) is 4.90 Å². The molecule has 1 atom stereocenters. The zero-order chi connectivity index (χ0) is 14.3. The number of rotatable bonds is 6. The third kappa shape index (κ3) is 5.19. The topological polar surface area (TPSA) is 20.3 Å². The smallest absolute Gasteiger partial charge is 0.234 e. The summed E-state index contributed by atoms with van der Waals surface area (Å²) in [4.78, 5) is 13.9. The molecule has 0 radical (unpaired) electrons. The van der Waals surface area contributed by atoms with E-state index in [4.69, 9.17) is 0 Å². The standard InChI is InChI=1S/C16H22BrNO/c1-13(2)8-7-11-18(16(19)12-17)14(3)15-9-5-4-6-10-15/h4-10,13-14H,11-12H2,1-3H3/b8-7+/t14-/m0/s1. The molecule has 0 unspecified atom stereocenters. The summed E-state index contributed by atoms with van der Waals surface area (Å²) in [7, 11) is 0. The third-order valence-corrected chi connectivity index (χ3v) is 3.49. The number of carbonyl (C=O) groups excluding carboxylic acids is 1. The van der Waals surface area contributed by atoms with E-state index >= 15 is 0 Å². The maximum atomic E-state index is 12.0. The maximum Gasteiger partial charge on any atom is 0.234 e. The van der Waals surface area contributed by atoms with Gasteiger partial charge in [-0.2, -0.15) is 0 Å². The first-order valence-corrected chi connectivity index (χ1v) is 7.75. The number of nitrogens with zero attached hydrogens (tertiary/aromatic N) is 1. The zero-order valence-electron chi connectivity index (χ0n) is 11.8. The highest BCUT2D eigenvalue weighted by molar-refractivity contribution is 9.09. The second-order valence-electron chi connectivity index (χ2n) is 4.94. The van der Waals surface area contributed by atoms with Crippen molar-refractivity contribution in [3.63, 3.8) is 0 Å². The molecular weight excluding hydrogens is 302 g/mol. The van der Waals surface area contributed by atoms with Crippen LogP contribution < -0.4 is 0 Å². The molecule has 1 amide bonds. The number of halogens is 1. The molecule has 0 heterocycles. The molecule has 0 aliphatic rings. The number of alkyl halides is 1. The van der Waals surface area contributed by atoms with Crippen molar-refractivity contribution in [3.8, 4) is 0 Å². The lowest BCUT2D eigenvalue weighted by molar-refractivity contribution is -0.129. The van der Waals surface area contributed by atoms with Gasteiger partial charge in [0, 0.05) is 6.54 Å². The molecule has 1 rings (SSSR count). The van der Waals surface area contributed by atoms with E-state index in [9.17, 15) is 4.79 Å². The van der Waals surface area contributed by atoms with E-state index in [0.29, 0.717) is 17.8 Å². The van der Waals surface area contributed by atoms with Crippen LogP contribution in [0.15, 0.2) is 42.5 Å². The van der Waals surface area contributed by atoms with Crippen molar-refractivity contribution in [1.29, 1.82) is 0 Å². The first kappa shape index (κ1) is 16.0. The molecule has 0 saturated heterocycles. The van der Waals surface area contributed by atoms with E-state index in [1.807, 2.05) is 23.1 Å². The predicted molar refractivity (Wildman–Crippen MR) is 84.3 cm³/mol. The van der Waals surface area contributed by atoms with Crippen molar-refractivity contribution in [2.24, 2.45) is 5.92 Å². The molecule has 0 aliphatic heterocycles. The summed E-state index contributed by atoms with van der Waals surface area (Å²) in [5, 5.41) is 0.361. The Morgan fingerprint density at radius 1 is 1.26 bits per heavy atom. The van der Waals surface area contributed by atoms with Crippen molar-refractivity contribution in [2.45, 2.75) is 26.8 Å². The molecule has 0 N–H and O–H groups in total. The molecule has 0 saturated carbocycles. The lowest BCUT2D eigenvalue weighted by atomic mass is 10.1. The van der Waals surface area contributed by atoms with Crippen LogP contribution in [0, 0.1) is 5.92 Å². The fraction of sp³-hybridized carbons (Fsp3) is 0.438. The molecule has 2 nitrogen and oxygen atoms in total. The van der Waals surface area contributed by atoms with Gasteiger partial charge in [-0.25, -0.2) is 0 Å². The number of amides is 1. The van der Waals surface area contributed by atoms with Gasteiger partial charge in [0.15, 0.2) is 0 Å². The number of hydrogen-bond donors (Lipinski definition) is 0. The van der Waals surface area contributed by atoms with Crippen LogP contribution in [0.5, 0.6) is 0 Å². The van der Waals surface area contributed by atoms with Crippen LogP contribution in [0.1, 0.15) is 32.4 Å². The molecule has 0 aromatic heterocycles. The maximum absolute atomic E-state index is 12.0. The normalized spacial score (nSPS) is 12.9. The Morgan fingerprint density at radius 3 is 2.42 bits per heavy atom. The van der Waals surface area contributed by atoms with E-state index in [0.717, 1.165) is 5.56 Å². The van der Waals surface area contributed by atoms with Crippen LogP contribution in [0.2, 0.25) is 0 Å². The largest absolute Gasteiger partial charge is 0.331 e. The summed E-state index contributed by atoms with van der Waals surface area (Å²) in [6, 6.07) is 10.2. The monoisotopic (exact) mass is 323 g/mol. The summed E-state index contributed by atoms with van der Waals surface area (Å²) in [5.74, 6) is 0.623. The Kier molecular flexibility index (Phi) is 6.85. The van der Waals surface area contributed by atoms with Crippen molar-refractivity contribution >= 4 is 21.8 Å². The van der Waals surface area contributed by atoms with E-state index < -0.39 is 0 Å². The summed E-state index contributed by atoms with van der Waals surface area (Å²) in [6.07, 6.45) is 4.21. The Bertz CT molecular complexity index is 414. The van der Waals surface area contributed by atoms with Crippen molar-refractivity contribution < 1.29 is 4.79 Å². The quantitative estimate of drug-likeness (QED) is 0.568. The number of allylic oxidation sites excluding steroid dienone is 1. The number of carbonyl (C=O) groups is 1. The molecule has 0 fully saturated rings. The molecule has 0 spiro atoms. The lowest BCUT2D eigenvalue weighted by Crippen LogP contribution is -2.34. The van der Waals surface area contributed by atoms with Crippen molar-refractivity contribution in [2.75, 3.05) is 11.9 Å². The Labute approximate surface area is 124 Å². The van der Waals surface area contributed by atoms with Crippen LogP contribution in [-0.4, -0.2) is 22.7 Å². The van der Waals surface area contributed by atoms with Crippen LogP contribution >= 0.6 is 15.9 Å². The first-order valence-electron chi connectivity index (χ1n) is 6.63. The third-order valence-electron chi connectivity index (χ3n) is 3.01. The molecule has 19 heavy (non-hydrogen) atoms. The average molecular weight is 324 g/mol. The molecule has 104 valence electrons. The summed E-state index contributed by atoms with van der Waals surface area (Å²) in [6.45, 7) is 6.99. The van der Waals surface area contributed by atoms with Gasteiger partial charge in [0.1, 0.15) is 0 Å². The van der Waals surface area contributed by atoms with E-state index in [-0.39, 0.29) is 11.9 Å². The molecule has 1 aromatic rings. The van der Waals surface area contributed by atoms with Gasteiger partial charge in [0.05, 0.1) is 11.4 Å². The van der Waals surface area contributed by atoms with Gasteiger partial charge in [-0.05, 0) is 18.4 Å². The Hall–Kier alpha value is -1.09. The summed E-state index contributed by atoms with van der Waals surface area (Å²) >= 11 is 3.26. The molecule has 1 aromatic carbocycles. The van der Waals surface area contributed by atoms with Gasteiger partial charge in [-0.3, -0.25) is 4.79 Å². The number of benzene rings is 1. The van der Waals surface area contributed by atoms with E-state index in [2.05, 4.69) is 61.0 Å². The van der Waals surface area contributed by atoms with Gasteiger partial charge in [0.25, 0.3) is 0 Å². The lowest BCUT2D eigenvalue weighted by Gasteiger charge is -2.28. The highest BCUT2D eigenvalue weighted by Gasteiger charge is 2.19. The van der Waals surface area contributed by atoms with Gasteiger partial charge in [-0.1, -0.05) is 72.3 Å². The fourth-order valence-electron chi connectivity index (χ4n) is 1.91. The van der Waals surface area contributed by atoms with Crippen LogP contribution in [0.3, 0.4) is 0 Å².